The quantitative estimate of drug-likeness (QED) is 0.629. The number of carbonyl (C=O) groups is 3. The first-order chi connectivity index (χ1) is 13.3. The Bertz CT molecular complexity index is 886. The van der Waals surface area contributed by atoms with Crippen LogP contribution in [0.5, 0.6) is 5.75 Å². The van der Waals surface area contributed by atoms with Crippen molar-refractivity contribution in [1.29, 1.82) is 0 Å². The predicted molar refractivity (Wildman–Crippen MR) is 107 cm³/mol. The van der Waals surface area contributed by atoms with Crippen molar-refractivity contribution in [3.05, 3.63) is 58.6 Å². The normalized spacial score (nSPS) is 11.4. The minimum atomic E-state index is -0.800. The molecule has 0 aliphatic rings. The van der Waals surface area contributed by atoms with Gasteiger partial charge >= 0.3 is 0 Å². The molecule has 0 aliphatic heterocycles. The van der Waals surface area contributed by atoms with E-state index >= 15 is 0 Å². The fraction of sp³-hybridized carbons (Fsp3) is 0.250. The van der Waals surface area contributed by atoms with E-state index in [9.17, 15) is 14.4 Å². The number of hydrogen-bond donors (Lipinski definition) is 3. The van der Waals surface area contributed by atoms with E-state index in [-0.39, 0.29) is 18.5 Å². The Morgan fingerprint density at radius 3 is 2.57 bits per heavy atom. The van der Waals surface area contributed by atoms with E-state index in [2.05, 4.69) is 10.6 Å². The van der Waals surface area contributed by atoms with Crippen molar-refractivity contribution >= 4 is 35.0 Å². The Balaban J connectivity index is 2.04. The van der Waals surface area contributed by atoms with Crippen LogP contribution in [0.1, 0.15) is 29.3 Å². The number of benzene rings is 2. The lowest BCUT2D eigenvalue weighted by Gasteiger charge is -2.17. The summed E-state index contributed by atoms with van der Waals surface area (Å²) in [6.45, 7) is 3.56. The zero-order valence-electron chi connectivity index (χ0n) is 15.6. The second-order valence-corrected chi connectivity index (χ2v) is 6.61. The van der Waals surface area contributed by atoms with Gasteiger partial charge in [-0.2, -0.15) is 0 Å². The molecule has 0 aromatic heterocycles. The highest BCUT2D eigenvalue weighted by Crippen LogP contribution is 2.23. The molecular weight excluding hydrogens is 382 g/mol. The van der Waals surface area contributed by atoms with Crippen molar-refractivity contribution in [3.63, 3.8) is 0 Å². The largest absolute Gasteiger partial charge is 0.481 e. The number of primary amides is 1. The summed E-state index contributed by atoms with van der Waals surface area (Å²) in [5.41, 5.74) is 6.48. The SMILES string of the molecule is Cc1cc(Cl)ccc1OC(C)C(=O)Nc1ccccc1C(=O)NCCC(N)=O. The predicted octanol–water partition coefficient (Wildman–Crippen LogP) is 2.66. The van der Waals surface area contributed by atoms with Crippen molar-refractivity contribution in [2.24, 2.45) is 5.73 Å². The van der Waals surface area contributed by atoms with Crippen LogP contribution in [0, 0.1) is 6.92 Å². The van der Waals surface area contributed by atoms with E-state index in [1.165, 1.54) is 0 Å². The first-order valence-corrected chi connectivity index (χ1v) is 9.05. The van der Waals surface area contributed by atoms with Crippen molar-refractivity contribution in [2.45, 2.75) is 26.4 Å². The number of nitrogens with two attached hydrogens (primary N) is 1. The first kappa shape index (κ1) is 21.2. The maximum absolute atomic E-state index is 12.5. The first-order valence-electron chi connectivity index (χ1n) is 8.67. The zero-order chi connectivity index (χ0) is 20.7. The maximum Gasteiger partial charge on any atom is 0.265 e. The highest BCUT2D eigenvalue weighted by Gasteiger charge is 2.19. The monoisotopic (exact) mass is 403 g/mol. The second-order valence-electron chi connectivity index (χ2n) is 6.18. The van der Waals surface area contributed by atoms with E-state index in [4.69, 9.17) is 22.1 Å². The lowest BCUT2D eigenvalue weighted by Crippen LogP contribution is -2.32. The number of carbonyl (C=O) groups excluding carboxylic acids is 3. The lowest BCUT2D eigenvalue weighted by atomic mass is 10.1. The number of hydrogen-bond acceptors (Lipinski definition) is 4. The Morgan fingerprint density at radius 2 is 1.89 bits per heavy atom. The minimum Gasteiger partial charge on any atom is -0.481 e. The van der Waals surface area contributed by atoms with E-state index in [0.29, 0.717) is 16.5 Å². The number of nitrogens with one attached hydrogen (secondary N) is 2. The Morgan fingerprint density at radius 1 is 1.18 bits per heavy atom. The number of anilines is 1. The van der Waals surface area contributed by atoms with Crippen LogP contribution < -0.4 is 21.1 Å². The van der Waals surface area contributed by atoms with Gasteiger partial charge in [-0.05, 0) is 49.7 Å². The summed E-state index contributed by atoms with van der Waals surface area (Å²) in [5.74, 6) is -0.791. The summed E-state index contributed by atoms with van der Waals surface area (Å²) < 4.78 is 5.70. The number of para-hydroxylation sites is 1. The zero-order valence-corrected chi connectivity index (χ0v) is 16.4. The van der Waals surface area contributed by atoms with Gasteiger partial charge in [-0.25, -0.2) is 0 Å². The fourth-order valence-electron chi connectivity index (χ4n) is 2.41. The molecule has 0 saturated heterocycles. The van der Waals surface area contributed by atoms with Crippen LogP contribution in [0.2, 0.25) is 5.02 Å². The molecule has 2 rings (SSSR count). The summed E-state index contributed by atoms with van der Waals surface area (Å²) >= 11 is 5.93. The van der Waals surface area contributed by atoms with Crippen LogP contribution >= 0.6 is 11.6 Å². The van der Waals surface area contributed by atoms with Gasteiger partial charge in [-0.3, -0.25) is 14.4 Å². The molecule has 0 aliphatic carbocycles. The third kappa shape index (κ3) is 5.99. The molecule has 0 fully saturated rings. The van der Waals surface area contributed by atoms with Gasteiger partial charge in [0.25, 0.3) is 11.8 Å². The van der Waals surface area contributed by atoms with Crippen LogP contribution in [0.4, 0.5) is 5.69 Å². The van der Waals surface area contributed by atoms with Gasteiger partial charge in [0, 0.05) is 18.0 Å². The molecule has 8 heteroatoms. The highest BCUT2D eigenvalue weighted by atomic mass is 35.5. The molecule has 28 heavy (non-hydrogen) atoms. The molecule has 0 spiro atoms. The average Bonchev–Trinajstić information content (AvgIpc) is 2.64. The summed E-state index contributed by atoms with van der Waals surface area (Å²) in [6, 6.07) is 11.7. The molecule has 0 heterocycles. The fourth-order valence-corrected chi connectivity index (χ4v) is 2.63. The van der Waals surface area contributed by atoms with Crippen LogP contribution in [0.25, 0.3) is 0 Å². The number of rotatable bonds is 8. The molecular formula is C20H22ClN3O4. The molecule has 2 aromatic carbocycles. The molecule has 4 N–H and O–H groups in total. The summed E-state index contributed by atoms with van der Waals surface area (Å²) in [6.07, 6.45) is -0.767. The van der Waals surface area contributed by atoms with Gasteiger partial charge < -0.3 is 21.1 Å². The van der Waals surface area contributed by atoms with Crippen LogP contribution in [0.15, 0.2) is 42.5 Å². The summed E-state index contributed by atoms with van der Waals surface area (Å²) in [4.78, 5) is 35.6. The third-order valence-electron chi connectivity index (χ3n) is 3.90. The average molecular weight is 404 g/mol. The molecule has 1 unspecified atom stereocenters. The minimum absolute atomic E-state index is 0.0333. The second kappa shape index (κ2) is 9.75. The van der Waals surface area contributed by atoms with Crippen LogP contribution in [-0.2, 0) is 9.59 Å². The smallest absolute Gasteiger partial charge is 0.265 e. The molecule has 0 radical (unpaired) electrons. The number of halogens is 1. The Hall–Kier alpha value is -3.06. The Kier molecular flexibility index (Phi) is 7.40. The standard InChI is InChI=1S/C20H22ClN3O4/c1-12-11-14(21)7-8-17(12)28-13(2)19(26)24-16-6-4-3-5-15(16)20(27)23-10-9-18(22)25/h3-8,11,13H,9-10H2,1-2H3,(H2,22,25)(H,23,27)(H,24,26). The van der Waals surface area contributed by atoms with Gasteiger partial charge in [-0.15, -0.1) is 0 Å². The third-order valence-corrected chi connectivity index (χ3v) is 4.13. The van der Waals surface area contributed by atoms with Crippen molar-refractivity contribution in [2.75, 3.05) is 11.9 Å². The van der Waals surface area contributed by atoms with Crippen molar-refractivity contribution in [3.8, 4) is 5.75 Å². The van der Waals surface area contributed by atoms with E-state index in [1.54, 1.807) is 49.4 Å². The number of amides is 3. The van der Waals surface area contributed by atoms with Gasteiger partial charge in [0.2, 0.25) is 5.91 Å². The van der Waals surface area contributed by atoms with Gasteiger partial charge in [0.15, 0.2) is 6.10 Å². The number of ether oxygens (including phenoxy) is 1. The van der Waals surface area contributed by atoms with E-state index in [0.717, 1.165) is 5.56 Å². The summed E-state index contributed by atoms with van der Waals surface area (Å²) in [5, 5.41) is 5.87. The molecule has 2 aromatic rings. The van der Waals surface area contributed by atoms with Gasteiger partial charge in [0.05, 0.1) is 11.3 Å². The van der Waals surface area contributed by atoms with Crippen molar-refractivity contribution < 1.29 is 19.1 Å². The molecule has 1 atom stereocenters. The molecule has 7 nitrogen and oxygen atoms in total. The number of aryl methyl sites for hydroxylation is 1. The highest BCUT2D eigenvalue weighted by molar-refractivity contribution is 6.30. The molecule has 3 amide bonds. The van der Waals surface area contributed by atoms with Gasteiger partial charge in [0.1, 0.15) is 5.75 Å². The topological polar surface area (TPSA) is 111 Å². The maximum atomic E-state index is 12.5. The molecule has 0 bridgehead atoms. The Labute approximate surface area is 168 Å². The molecule has 148 valence electrons. The van der Waals surface area contributed by atoms with Gasteiger partial charge in [-0.1, -0.05) is 23.7 Å². The molecule has 0 saturated carbocycles. The van der Waals surface area contributed by atoms with Crippen LogP contribution in [0.3, 0.4) is 0 Å². The van der Waals surface area contributed by atoms with Crippen LogP contribution in [-0.4, -0.2) is 30.4 Å². The van der Waals surface area contributed by atoms with E-state index in [1.807, 2.05) is 6.92 Å². The van der Waals surface area contributed by atoms with E-state index < -0.39 is 23.8 Å². The van der Waals surface area contributed by atoms with Crippen molar-refractivity contribution in [1.82, 2.24) is 5.32 Å². The summed E-state index contributed by atoms with van der Waals surface area (Å²) in [7, 11) is 0. The lowest BCUT2D eigenvalue weighted by molar-refractivity contribution is -0.122.